The van der Waals surface area contributed by atoms with E-state index in [-0.39, 0.29) is 62.1 Å². The maximum absolute atomic E-state index is 14.8. The fourth-order valence-corrected chi connectivity index (χ4v) is 11.5. The van der Waals surface area contributed by atoms with Crippen LogP contribution in [0.3, 0.4) is 0 Å². The molecule has 9 amide bonds. The number of rotatable bonds is 35. The number of nitrogens with two attached hydrogens (primary N) is 1. The van der Waals surface area contributed by atoms with E-state index in [0.717, 1.165) is 56.1 Å². The minimum atomic E-state index is -1.35. The number of methoxy groups -OCH3 is 1. The lowest BCUT2D eigenvalue weighted by Gasteiger charge is -2.37. The second-order valence-corrected chi connectivity index (χ2v) is 24.0. The molecule has 0 unspecified atom stereocenters. The summed E-state index contributed by atoms with van der Waals surface area (Å²) in [5.41, 5.74) is 7.45. The summed E-state index contributed by atoms with van der Waals surface area (Å²) in [5.74, 6) is -5.50. The summed E-state index contributed by atoms with van der Waals surface area (Å²) in [6.07, 6.45) is 9.39. The molecular formula is C64H99N9O12. The molecule has 8 atom stereocenters. The number of ether oxygens (including phenoxy) is 1. The third-order valence-corrected chi connectivity index (χ3v) is 16.7. The molecule has 2 saturated heterocycles. The number of likely N-dealkylation sites (N-methyl/N-ethyl adjacent to an activating group) is 3. The van der Waals surface area contributed by atoms with E-state index in [1.165, 1.54) is 45.7 Å². The molecule has 472 valence electrons. The van der Waals surface area contributed by atoms with Crippen molar-refractivity contribution < 1.29 is 57.8 Å². The fraction of sp³-hybridized carbons (Fsp3) is 0.656. The minimum Gasteiger partial charge on any atom is -0.508 e. The summed E-state index contributed by atoms with van der Waals surface area (Å²) in [5, 5.41) is 18.2. The quantitative estimate of drug-likeness (QED) is 0.0427. The Kier molecular flexibility index (Phi) is 29.3. The van der Waals surface area contributed by atoms with E-state index in [9.17, 15) is 53.1 Å². The van der Waals surface area contributed by atoms with Gasteiger partial charge in [0.1, 0.15) is 48.0 Å². The van der Waals surface area contributed by atoms with Crippen molar-refractivity contribution in [3.8, 4) is 5.75 Å². The zero-order chi connectivity index (χ0) is 62.9. The van der Waals surface area contributed by atoms with Crippen LogP contribution in [0, 0.1) is 17.8 Å². The summed E-state index contributed by atoms with van der Waals surface area (Å²) in [6, 6.07) is 8.75. The zero-order valence-electron chi connectivity index (χ0n) is 52.3. The molecule has 21 nitrogen and oxygen atoms in total. The average Bonchev–Trinajstić information content (AvgIpc) is 3.29. The van der Waals surface area contributed by atoms with Crippen molar-refractivity contribution in [2.45, 2.75) is 206 Å². The topological polar surface area (TPSA) is 278 Å². The molecule has 2 fully saturated rings. The molecule has 2 aromatic carbocycles. The standard InChI is InChI=1S/C64H99N9O12/c1-11-44(6)56(68-58(78)51(40-42(2)3)69(7)55(77)30-19-14-12-13-15-20-37-66-54(76)29-21-26-45-31-33-47(74)34-32-45)63(83)71(9)57(43(4)5)59(79)67-48(35-36-53(65)75)60(80)72-38-22-27-49(72)61(81)70(8)52(41-46-24-17-16-18-25-46)62(82)73-39-23-28-50(73)64(84)85-10/h16-18,24-25,31-34,42-44,48-52,56-57,74H,11-15,19-23,26-30,35-41H2,1-10H3,(H2,65,75)(H,66,76)(H,67,79)(H,68,78)/t44-,48-,49-,50-,51-,52-,56-,57+/m0/s1. The second kappa shape index (κ2) is 35.4. The van der Waals surface area contributed by atoms with Crippen LogP contribution in [-0.4, -0.2) is 179 Å². The van der Waals surface area contributed by atoms with Gasteiger partial charge in [-0.3, -0.25) is 43.2 Å². The molecule has 6 N–H and O–H groups in total. The smallest absolute Gasteiger partial charge is 0.328 e. The van der Waals surface area contributed by atoms with Gasteiger partial charge in [0.05, 0.1) is 7.11 Å². The van der Waals surface area contributed by atoms with Crippen LogP contribution in [0.1, 0.15) is 162 Å². The van der Waals surface area contributed by atoms with Crippen molar-refractivity contribution in [1.82, 2.24) is 40.4 Å². The molecule has 2 heterocycles. The predicted molar refractivity (Wildman–Crippen MR) is 324 cm³/mol. The third kappa shape index (κ3) is 21.4. The molecule has 0 bridgehead atoms. The molecule has 2 aliphatic heterocycles. The fourth-order valence-electron chi connectivity index (χ4n) is 11.5. The molecule has 0 spiro atoms. The minimum absolute atomic E-state index is 0.0128. The van der Waals surface area contributed by atoms with Crippen molar-refractivity contribution in [3.05, 3.63) is 65.7 Å². The Balaban J connectivity index is 1.40. The van der Waals surface area contributed by atoms with Crippen LogP contribution < -0.4 is 21.7 Å². The maximum Gasteiger partial charge on any atom is 0.328 e. The van der Waals surface area contributed by atoms with Crippen molar-refractivity contribution in [3.63, 3.8) is 0 Å². The maximum atomic E-state index is 14.8. The Morgan fingerprint density at radius 2 is 1.29 bits per heavy atom. The van der Waals surface area contributed by atoms with E-state index in [1.54, 1.807) is 33.0 Å². The van der Waals surface area contributed by atoms with Crippen LogP contribution in [0.25, 0.3) is 0 Å². The summed E-state index contributed by atoms with van der Waals surface area (Å²) in [4.78, 5) is 146. The van der Waals surface area contributed by atoms with Gasteiger partial charge in [-0.25, -0.2) is 4.79 Å². The highest BCUT2D eigenvalue weighted by molar-refractivity contribution is 5.98. The largest absolute Gasteiger partial charge is 0.508 e. The first-order chi connectivity index (χ1) is 40.4. The number of nitrogens with one attached hydrogen (secondary N) is 3. The van der Waals surface area contributed by atoms with Gasteiger partial charge in [-0.1, -0.05) is 116 Å². The van der Waals surface area contributed by atoms with E-state index in [4.69, 9.17) is 10.5 Å². The van der Waals surface area contributed by atoms with Crippen molar-refractivity contribution in [2.24, 2.45) is 23.5 Å². The van der Waals surface area contributed by atoms with E-state index in [2.05, 4.69) is 16.0 Å². The number of carbonyl (C=O) groups is 10. The second-order valence-electron chi connectivity index (χ2n) is 24.0. The number of hydrogen-bond acceptors (Lipinski definition) is 12. The van der Waals surface area contributed by atoms with Crippen LogP contribution in [-0.2, 0) is 65.5 Å². The Morgan fingerprint density at radius 3 is 1.89 bits per heavy atom. The first-order valence-corrected chi connectivity index (χ1v) is 30.9. The predicted octanol–water partition coefficient (Wildman–Crippen LogP) is 5.42. The third-order valence-electron chi connectivity index (χ3n) is 16.7. The molecule has 4 rings (SSSR count). The Morgan fingerprint density at radius 1 is 0.682 bits per heavy atom. The van der Waals surface area contributed by atoms with E-state index in [1.807, 2.05) is 70.2 Å². The Hall–Kier alpha value is -7.06. The SMILES string of the molecule is CC[C@H](C)[C@H](NC(=O)[C@H](CC(C)C)N(C)C(=O)CCCCCCCCNC(=O)CCCc1ccc(O)cc1)C(=O)N(C)[C@@H](C(=O)N[C@@H](CCC(N)=O)C(=O)N1CCC[C@H]1C(=O)N(C)[C@@H](Cc1ccccc1)C(=O)N1CCC[C@H]1C(=O)OC)C(C)C. The highest BCUT2D eigenvalue weighted by Gasteiger charge is 2.45. The van der Waals surface area contributed by atoms with Crippen LogP contribution in [0.5, 0.6) is 5.75 Å². The van der Waals surface area contributed by atoms with Gasteiger partial charge in [0.25, 0.3) is 0 Å². The van der Waals surface area contributed by atoms with Gasteiger partial charge in [0.2, 0.25) is 53.2 Å². The van der Waals surface area contributed by atoms with Crippen molar-refractivity contribution >= 4 is 59.1 Å². The van der Waals surface area contributed by atoms with Gasteiger partial charge in [0, 0.05) is 66.5 Å². The molecule has 85 heavy (non-hydrogen) atoms. The average molecular weight is 1190 g/mol. The number of primary amides is 1. The van der Waals surface area contributed by atoms with Gasteiger partial charge in [-0.05, 0) is 105 Å². The lowest BCUT2D eigenvalue weighted by molar-refractivity contribution is -0.155. The first kappa shape index (κ1) is 70.4. The van der Waals surface area contributed by atoms with Crippen LogP contribution in [0.15, 0.2) is 54.6 Å². The number of phenols is 1. The molecule has 0 radical (unpaired) electrons. The highest BCUT2D eigenvalue weighted by atomic mass is 16.5. The van der Waals surface area contributed by atoms with Gasteiger partial charge >= 0.3 is 5.97 Å². The lowest BCUT2D eigenvalue weighted by atomic mass is 9.94. The van der Waals surface area contributed by atoms with Crippen LogP contribution in [0.4, 0.5) is 0 Å². The van der Waals surface area contributed by atoms with E-state index < -0.39 is 101 Å². The Bertz CT molecular complexity index is 2530. The lowest BCUT2D eigenvalue weighted by Crippen LogP contribution is -2.61. The molecule has 0 saturated carbocycles. The van der Waals surface area contributed by atoms with E-state index in [0.29, 0.717) is 58.0 Å². The Labute approximate surface area is 504 Å². The summed E-state index contributed by atoms with van der Waals surface area (Å²) in [6.45, 7) is 12.1. The molecular weight excluding hydrogens is 1090 g/mol. The highest BCUT2D eigenvalue weighted by Crippen LogP contribution is 2.27. The summed E-state index contributed by atoms with van der Waals surface area (Å²) < 4.78 is 5.02. The summed E-state index contributed by atoms with van der Waals surface area (Å²) >= 11 is 0. The molecule has 2 aliphatic rings. The van der Waals surface area contributed by atoms with Gasteiger partial charge in [-0.2, -0.15) is 0 Å². The number of hydrogen-bond donors (Lipinski definition) is 5. The van der Waals surface area contributed by atoms with Gasteiger partial charge in [0.15, 0.2) is 0 Å². The normalized spacial score (nSPS) is 17.0. The van der Waals surface area contributed by atoms with E-state index >= 15 is 0 Å². The van der Waals surface area contributed by atoms with Crippen LogP contribution in [0.2, 0.25) is 0 Å². The summed E-state index contributed by atoms with van der Waals surface area (Å²) in [7, 11) is 5.84. The van der Waals surface area contributed by atoms with Gasteiger partial charge < -0.3 is 56.0 Å². The number of unbranched alkanes of at least 4 members (excludes halogenated alkanes) is 5. The monoisotopic (exact) mass is 1190 g/mol. The number of aromatic hydroxyl groups is 1. The number of likely N-dealkylation sites (tertiary alicyclic amines) is 2. The zero-order valence-corrected chi connectivity index (χ0v) is 52.3. The van der Waals surface area contributed by atoms with Gasteiger partial charge in [-0.15, -0.1) is 0 Å². The number of esters is 1. The molecule has 0 aromatic heterocycles. The number of carbonyl (C=O) groups excluding carboxylic acids is 10. The number of aryl methyl sites for hydroxylation is 1. The number of phenolic OH excluding ortho intramolecular Hbond substituents is 1. The number of benzene rings is 2. The number of amides is 9. The van der Waals surface area contributed by atoms with Crippen molar-refractivity contribution in [1.29, 1.82) is 0 Å². The van der Waals surface area contributed by atoms with Crippen LogP contribution >= 0.6 is 0 Å². The first-order valence-electron chi connectivity index (χ1n) is 30.9. The van der Waals surface area contributed by atoms with Crippen molar-refractivity contribution in [2.75, 3.05) is 47.9 Å². The molecule has 2 aromatic rings. The number of nitrogens with zero attached hydrogens (tertiary/aromatic N) is 5. The molecule has 21 heteroatoms. The molecule has 0 aliphatic carbocycles.